The maximum atomic E-state index is 4.18. The molecule has 0 amide bonds. The van der Waals surface area contributed by atoms with Crippen molar-refractivity contribution in [2.75, 3.05) is 5.75 Å². The first-order valence-corrected chi connectivity index (χ1v) is 5.79. The van der Waals surface area contributed by atoms with Gasteiger partial charge in [-0.05, 0) is 19.9 Å². The molecular weight excluding hydrogens is 194 g/mol. The fraction of sp³-hybridized carbons (Fsp3) is 0.600. The van der Waals surface area contributed by atoms with Crippen molar-refractivity contribution in [2.45, 2.75) is 31.2 Å². The Labute approximate surface area is 88.7 Å². The third-order valence-electron chi connectivity index (χ3n) is 2.63. The standard InChI is InChI=1S/C10H15N3S/c1-10(2)9(6-14-10)12-5-8-3-4-11-7-13-8/h3-4,7,9,12H,5-6H2,1-2H3. The van der Waals surface area contributed by atoms with Crippen LogP contribution in [0.2, 0.25) is 0 Å². The van der Waals surface area contributed by atoms with Crippen LogP contribution >= 0.6 is 11.8 Å². The lowest BCUT2D eigenvalue weighted by molar-refractivity contribution is 0.433. The fourth-order valence-electron chi connectivity index (χ4n) is 1.46. The molecule has 4 heteroatoms. The second-order valence-electron chi connectivity index (χ2n) is 4.05. The van der Waals surface area contributed by atoms with Crippen LogP contribution in [0.15, 0.2) is 18.6 Å². The molecule has 2 rings (SSSR count). The number of rotatable bonds is 3. The molecule has 1 aliphatic heterocycles. The van der Waals surface area contributed by atoms with Gasteiger partial charge in [0.2, 0.25) is 0 Å². The van der Waals surface area contributed by atoms with Gasteiger partial charge in [0.25, 0.3) is 0 Å². The van der Waals surface area contributed by atoms with Crippen LogP contribution in [0, 0.1) is 0 Å². The van der Waals surface area contributed by atoms with Crippen LogP contribution in [0.25, 0.3) is 0 Å². The molecule has 1 fully saturated rings. The maximum Gasteiger partial charge on any atom is 0.115 e. The van der Waals surface area contributed by atoms with Crippen LogP contribution in [0.4, 0.5) is 0 Å². The highest BCUT2D eigenvalue weighted by Gasteiger charge is 2.38. The van der Waals surface area contributed by atoms with Crippen LogP contribution < -0.4 is 5.32 Å². The third-order valence-corrected chi connectivity index (χ3v) is 4.16. The topological polar surface area (TPSA) is 37.8 Å². The number of nitrogens with one attached hydrogen (secondary N) is 1. The van der Waals surface area contributed by atoms with Crippen LogP contribution in [-0.2, 0) is 6.54 Å². The van der Waals surface area contributed by atoms with Gasteiger partial charge >= 0.3 is 0 Å². The van der Waals surface area contributed by atoms with Gasteiger partial charge in [-0.3, -0.25) is 0 Å². The molecule has 0 bridgehead atoms. The average Bonchev–Trinajstić information content (AvgIpc) is 2.18. The van der Waals surface area contributed by atoms with Gasteiger partial charge in [-0.15, -0.1) is 0 Å². The summed E-state index contributed by atoms with van der Waals surface area (Å²) >= 11 is 2.01. The number of hydrogen-bond acceptors (Lipinski definition) is 4. The zero-order valence-electron chi connectivity index (χ0n) is 8.53. The van der Waals surface area contributed by atoms with Crippen molar-refractivity contribution in [3.05, 3.63) is 24.3 Å². The van der Waals surface area contributed by atoms with E-state index in [0.29, 0.717) is 10.8 Å². The molecule has 1 aromatic heterocycles. The minimum atomic E-state index is 0.382. The van der Waals surface area contributed by atoms with Gasteiger partial charge in [0.05, 0.1) is 5.69 Å². The molecule has 0 aromatic carbocycles. The van der Waals surface area contributed by atoms with E-state index < -0.39 is 0 Å². The zero-order chi connectivity index (χ0) is 10.0. The van der Waals surface area contributed by atoms with Crippen LogP contribution in [0.5, 0.6) is 0 Å². The Morgan fingerprint density at radius 1 is 1.64 bits per heavy atom. The average molecular weight is 209 g/mol. The molecule has 3 nitrogen and oxygen atoms in total. The molecule has 1 aromatic rings. The highest BCUT2D eigenvalue weighted by atomic mass is 32.2. The van der Waals surface area contributed by atoms with Gasteiger partial charge in [-0.2, -0.15) is 11.8 Å². The van der Waals surface area contributed by atoms with Gasteiger partial charge in [0.15, 0.2) is 0 Å². The summed E-state index contributed by atoms with van der Waals surface area (Å²) in [6, 6.07) is 2.56. The first-order valence-electron chi connectivity index (χ1n) is 4.81. The Kier molecular flexibility index (Phi) is 2.74. The molecule has 1 aliphatic rings. The summed E-state index contributed by atoms with van der Waals surface area (Å²) in [6.07, 6.45) is 3.38. The number of thioether (sulfide) groups is 1. The van der Waals surface area contributed by atoms with Crippen molar-refractivity contribution in [3.8, 4) is 0 Å². The molecule has 0 aliphatic carbocycles. The Balaban J connectivity index is 1.84. The van der Waals surface area contributed by atoms with Crippen molar-refractivity contribution < 1.29 is 0 Å². The lowest BCUT2D eigenvalue weighted by Gasteiger charge is -2.44. The minimum Gasteiger partial charge on any atom is -0.306 e. The molecule has 0 saturated carbocycles. The molecule has 0 spiro atoms. The molecule has 1 saturated heterocycles. The maximum absolute atomic E-state index is 4.18. The summed E-state index contributed by atoms with van der Waals surface area (Å²) in [7, 11) is 0. The summed E-state index contributed by atoms with van der Waals surface area (Å²) in [5.41, 5.74) is 1.06. The van der Waals surface area contributed by atoms with E-state index in [1.807, 2.05) is 17.8 Å². The minimum absolute atomic E-state index is 0.382. The zero-order valence-corrected chi connectivity index (χ0v) is 9.34. The molecule has 1 unspecified atom stereocenters. The fourth-order valence-corrected chi connectivity index (χ4v) is 2.66. The second kappa shape index (κ2) is 3.87. The van der Waals surface area contributed by atoms with Crippen LogP contribution in [0.1, 0.15) is 19.5 Å². The predicted molar refractivity (Wildman–Crippen MR) is 59.2 cm³/mol. The lowest BCUT2D eigenvalue weighted by Crippen LogP contribution is -2.54. The monoisotopic (exact) mass is 209 g/mol. The number of hydrogen-bond donors (Lipinski definition) is 1. The number of aromatic nitrogens is 2. The molecule has 14 heavy (non-hydrogen) atoms. The second-order valence-corrected chi connectivity index (χ2v) is 5.72. The van der Waals surface area contributed by atoms with Crippen molar-refractivity contribution in [3.63, 3.8) is 0 Å². The SMILES string of the molecule is CC1(C)SCC1NCc1ccncn1. The highest BCUT2D eigenvalue weighted by molar-refractivity contribution is 8.02. The molecule has 2 heterocycles. The van der Waals surface area contributed by atoms with Crippen molar-refractivity contribution in [2.24, 2.45) is 0 Å². The molecular formula is C10H15N3S. The van der Waals surface area contributed by atoms with Gasteiger partial charge in [-0.1, -0.05) is 0 Å². The van der Waals surface area contributed by atoms with E-state index in [2.05, 4.69) is 29.1 Å². The first-order chi connectivity index (χ1) is 6.68. The van der Waals surface area contributed by atoms with E-state index in [4.69, 9.17) is 0 Å². The Bertz CT molecular complexity index is 299. The summed E-state index contributed by atoms with van der Waals surface area (Å²) in [6.45, 7) is 5.40. The predicted octanol–water partition coefficient (Wildman–Crippen LogP) is 1.46. The van der Waals surface area contributed by atoms with Gasteiger partial charge in [0.1, 0.15) is 6.33 Å². The number of nitrogens with zero attached hydrogens (tertiary/aromatic N) is 2. The lowest BCUT2D eigenvalue weighted by atomic mass is 10.0. The van der Waals surface area contributed by atoms with E-state index >= 15 is 0 Å². The van der Waals surface area contributed by atoms with E-state index in [9.17, 15) is 0 Å². The quantitative estimate of drug-likeness (QED) is 0.818. The van der Waals surface area contributed by atoms with Crippen LogP contribution in [0.3, 0.4) is 0 Å². The normalized spacial score (nSPS) is 24.3. The molecule has 1 N–H and O–H groups in total. The van der Waals surface area contributed by atoms with Crippen molar-refractivity contribution in [1.29, 1.82) is 0 Å². The summed E-state index contributed by atoms with van der Waals surface area (Å²) < 4.78 is 0.382. The van der Waals surface area contributed by atoms with Crippen molar-refractivity contribution in [1.82, 2.24) is 15.3 Å². The summed E-state index contributed by atoms with van der Waals surface area (Å²) in [5.74, 6) is 1.21. The van der Waals surface area contributed by atoms with E-state index in [0.717, 1.165) is 12.2 Å². The Morgan fingerprint density at radius 3 is 3.00 bits per heavy atom. The van der Waals surface area contributed by atoms with E-state index in [1.54, 1.807) is 12.5 Å². The van der Waals surface area contributed by atoms with Gasteiger partial charge in [0, 0.05) is 29.3 Å². The van der Waals surface area contributed by atoms with Crippen molar-refractivity contribution >= 4 is 11.8 Å². The highest BCUT2D eigenvalue weighted by Crippen LogP contribution is 2.39. The van der Waals surface area contributed by atoms with Crippen LogP contribution in [-0.4, -0.2) is 26.5 Å². The smallest absolute Gasteiger partial charge is 0.115 e. The third kappa shape index (κ3) is 2.07. The summed E-state index contributed by atoms with van der Waals surface area (Å²) in [4.78, 5) is 8.07. The van der Waals surface area contributed by atoms with E-state index in [-0.39, 0.29) is 0 Å². The largest absolute Gasteiger partial charge is 0.306 e. The Morgan fingerprint density at radius 2 is 2.50 bits per heavy atom. The Hall–Kier alpha value is -0.610. The molecule has 0 radical (unpaired) electrons. The molecule has 76 valence electrons. The van der Waals surface area contributed by atoms with Gasteiger partial charge < -0.3 is 5.32 Å². The van der Waals surface area contributed by atoms with Gasteiger partial charge in [-0.25, -0.2) is 9.97 Å². The van der Waals surface area contributed by atoms with E-state index in [1.165, 1.54) is 5.75 Å². The molecule has 1 atom stereocenters. The summed E-state index contributed by atoms with van der Waals surface area (Å²) in [5, 5.41) is 3.51. The first kappa shape index (κ1) is 9.93.